The van der Waals surface area contributed by atoms with Gasteiger partial charge in [0, 0.05) is 10.4 Å². The lowest BCUT2D eigenvalue weighted by molar-refractivity contribution is -0.120. The fraction of sp³-hybridized carbons (Fsp3) is 0.500. The van der Waals surface area contributed by atoms with Crippen LogP contribution in [0.2, 0.25) is 0 Å². The van der Waals surface area contributed by atoms with Crippen LogP contribution < -0.4 is 5.32 Å². The van der Waals surface area contributed by atoms with Crippen LogP contribution >= 0.6 is 15.9 Å². The van der Waals surface area contributed by atoms with Crippen LogP contribution in [0, 0.1) is 11.7 Å². The third-order valence-electron chi connectivity index (χ3n) is 3.41. The molecule has 0 aliphatic heterocycles. The first-order valence-corrected chi connectivity index (χ1v) is 7.22. The molecule has 1 fully saturated rings. The van der Waals surface area contributed by atoms with Gasteiger partial charge < -0.3 is 5.32 Å². The third kappa shape index (κ3) is 3.55. The zero-order valence-corrected chi connectivity index (χ0v) is 11.8. The molecule has 98 valence electrons. The molecular formula is C14H17BrFNO. The summed E-state index contributed by atoms with van der Waals surface area (Å²) in [6.07, 6.45) is 6.45. The molecule has 0 spiro atoms. The van der Waals surface area contributed by atoms with E-state index in [1.807, 2.05) is 0 Å². The van der Waals surface area contributed by atoms with Gasteiger partial charge in [0.05, 0.1) is 5.69 Å². The number of nitrogens with one attached hydrogen (secondary N) is 1. The summed E-state index contributed by atoms with van der Waals surface area (Å²) in [6.45, 7) is 0. The smallest absolute Gasteiger partial charge is 0.227 e. The number of carbonyl (C=O) groups is 1. The normalized spacial score (nSPS) is 17.2. The minimum absolute atomic E-state index is 0.0375. The second kappa shape index (κ2) is 6.32. The highest BCUT2D eigenvalue weighted by molar-refractivity contribution is 9.10. The van der Waals surface area contributed by atoms with Crippen molar-refractivity contribution in [2.24, 2.45) is 5.92 Å². The Hall–Kier alpha value is -0.900. The van der Waals surface area contributed by atoms with Crippen molar-refractivity contribution >= 4 is 27.5 Å². The zero-order chi connectivity index (χ0) is 13.0. The summed E-state index contributed by atoms with van der Waals surface area (Å²) in [5, 5.41) is 2.70. The van der Waals surface area contributed by atoms with E-state index in [1.165, 1.54) is 18.9 Å². The van der Waals surface area contributed by atoms with Crippen molar-refractivity contribution in [1.82, 2.24) is 0 Å². The van der Waals surface area contributed by atoms with Crippen LogP contribution in [0.3, 0.4) is 0 Å². The molecule has 1 aromatic carbocycles. The summed E-state index contributed by atoms with van der Waals surface area (Å²) < 4.78 is 14.3. The Morgan fingerprint density at radius 2 is 1.89 bits per heavy atom. The van der Waals surface area contributed by atoms with Crippen molar-refractivity contribution in [3.63, 3.8) is 0 Å². The van der Waals surface area contributed by atoms with E-state index in [0.717, 1.165) is 25.7 Å². The summed E-state index contributed by atoms with van der Waals surface area (Å²) >= 11 is 3.20. The fourth-order valence-electron chi connectivity index (χ4n) is 2.37. The van der Waals surface area contributed by atoms with Crippen molar-refractivity contribution in [3.8, 4) is 0 Å². The van der Waals surface area contributed by atoms with Crippen LogP contribution in [0.5, 0.6) is 0 Å². The van der Waals surface area contributed by atoms with Gasteiger partial charge in [0.2, 0.25) is 5.91 Å². The topological polar surface area (TPSA) is 29.1 Å². The van der Waals surface area contributed by atoms with Crippen LogP contribution in [-0.2, 0) is 4.79 Å². The Kier molecular flexibility index (Phi) is 4.75. The number of hydrogen-bond acceptors (Lipinski definition) is 1. The van der Waals surface area contributed by atoms with Crippen LogP contribution in [0.4, 0.5) is 10.1 Å². The van der Waals surface area contributed by atoms with Gasteiger partial charge in [0.25, 0.3) is 0 Å². The number of benzene rings is 1. The van der Waals surface area contributed by atoms with Gasteiger partial charge in [-0.2, -0.15) is 0 Å². The maximum Gasteiger partial charge on any atom is 0.227 e. The molecule has 0 saturated heterocycles. The van der Waals surface area contributed by atoms with Gasteiger partial charge in [-0.25, -0.2) is 4.39 Å². The van der Waals surface area contributed by atoms with Crippen molar-refractivity contribution in [2.75, 3.05) is 5.32 Å². The molecule has 1 aromatic rings. The molecule has 1 amide bonds. The van der Waals surface area contributed by atoms with E-state index < -0.39 is 5.82 Å². The quantitative estimate of drug-likeness (QED) is 0.800. The van der Waals surface area contributed by atoms with E-state index in [2.05, 4.69) is 21.2 Å². The van der Waals surface area contributed by atoms with Crippen molar-refractivity contribution in [3.05, 3.63) is 28.5 Å². The summed E-state index contributed by atoms with van der Waals surface area (Å²) in [4.78, 5) is 12.1. The van der Waals surface area contributed by atoms with Gasteiger partial charge in [0.15, 0.2) is 0 Å². The lowest BCUT2D eigenvalue weighted by atomic mass is 9.99. The molecule has 0 aromatic heterocycles. The number of anilines is 1. The second-order valence-corrected chi connectivity index (χ2v) is 5.72. The first-order valence-electron chi connectivity index (χ1n) is 6.43. The minimum Gasteiger partial charge on any atom is -0.323 e. The zero-order valence-electron chi connectivity index (χ0n) is 10.2. The molecule has 1 N–H and O–H groups in total. The molecule has 1 aliphatic rings. The number of hydrogen-bond donors (Lipinski definition) is 1. The highest BCUT2D eigenvalue weighted by atomic mass is 79.9. The second-order valence-electron chi connectivity index (χ2n) is 4.80. The Labute approximate surface area is 115 Å². The molecule has 18 heavy (non-hydrogen) atoms. The van der Waals surface area contributed by atoms with Gasteiger partial charge in [-0.15, -0.1) is 0 Å². The van der Waals surface area contributed by atoms with Gasteiger partial charge in [-0.05, 0) is 31.0 Å². The van der Waals surface area contributed by atoms with Crippen LogP contribution in [0.15, 0.2) is 22.7 Å². The third-order valence-corrected chi connectivity index (χ3v) is 3.91. The molecule has 0 atom stereocenters. The highest BCUT2D eigenvalue weighted by Gasteiger charge is 2.20. The lowest BCUT2D eigenvalue weighted by Crippen LogP contribution is -2.22. The van der Waals surface area contributed by atoms with Gasteiger partial charge >= 0.3 is 0 Å². The molecule has 1 saturated carbocycles. The fourth-order valence-corrected chi connectivity index (χ4v) is 2.70. The Morgan fingerprint density at radius 3 is 2.50 bits per heavy atom. The van der Waals surface area contributed by atoms with E-state index in [9.17, 15) is 9.18 Å². The molecular weight excluding hydrogens is 297 g/mol. The first-order chi connectivity index (χ1) is 8.66. The molecule has 2 nitrogen and oxygen atoms in total. The van der Waals surface area contributed by atoms with Gasteiger partial charge in [-0.1, -0.05) is 41.6 Å². The molecule has 1 aliphatic carbocycles. The molecule has 0 heterocycles. The van der Waals surface area contributed by atoms with E-state index in [1.54, 1.807) is 12.1 Å². The number of carbonyl (C=O) groups excluding carboxylic acids is 1. The van der Waals surface area contributed by atoms with Crippen molar-refractivity contribution in [1.29, 1.82) is 0 Å². The van der Waals surface area contributed by atoms with Gasteiger partial charge in [-0.3, -0.25) is 4.79 Å². The van der Waals surface area contributed by atoms with Crippen molar-refractivity contribution < 1.29 is 9.18 Å². The Balaban J connectivity index is 2.01. The maximum absolute atomic E-state index is 13.6. The van der Waals surface area contributed by atoms with E-state index >= 15 is 0 Å². The Bertz CT molecular complexity index is 428. The van der Waals surface area contributed by atoms with E-state index in [-0.39, 0.29) is 17.5 Å². The summed E-state index contributed by atoms with van der Waals surface area (Å²) in [6, 6.07) is 4.68. The lowest BCUT2D eigenvalue weighted by Gasteiger charge is -2.14. The molecule has 4 heteroatoms. The standard InChI is InChI=1S/C14H17BrFNO/c15-11-7-8-13(12(16)9-11)17-14(18)10-5-3-1-2-4-6-10/h7-10H,1-6H2,(H,17,18). The maximum atomic E-state index is 13.6. The Morgan fingerprint density at radius 1 is 1.22 bits per heavy atom. The summed E-state index contributed by atoms with van der Waals surface area (Å²) in [7, 11) is 0. The van der Waals surface area contributed by atoms with Crippen LogP contribution in [0.1, 0.15) is 38.5 Å². The molecule has 0 bridgehead atoms. The largest absolute Gasteiger partial charge is 0.323 e. The number of halogens is 2. The van der Waals surface area contributed by atoms with E-state index in [4.69, 9.17) is 0 Å². The molecule has 0 radical (unpaired) electrons. The molecule has 0 unspecified atom stereocenters. The van der Waals surface area contributed by atoms with Crippen LogP contribution in [-0.4, -0.2) is 5.91 Å². The van der Waals surface area contributed by atoms with Gasteiger partial charge in [0.1, 0.15) is 5.82 Å². The predicted octanol–water partition coefficient (Wildman–Crippen LogP) is 4.50. The molecule has 2 rings (SSSR count). The highest BCUT2D eigenvalue weighted by Crippen LogP contribution is 2.25. The van der Waals surface area contributed by atoms with Crippen molar-refractivity contribution in [2.45, 2.75) is 38.5 Å². The van der Waals surface area contributed by atoms with E-state index in [0.29, 0.717) is 4.47 Å². The monoisotopic (exact) mass is 313 g/mol. The summed E-state index contributed by atoms with van der Waals surface area (Å²) in [5.41, 5.74) is 0.271. The number of amides is 1. The predicted molar refractivity (Wildman–Crippen MR) is 73.9 cm³/mol. The SMILES string of the molecule is O=C(Nc1ccc(Br)cc1F)C1CCCCCC1. The minimum atomic E-state index is -0.397. The number of rotatable bonds is 2. The average Bonchev–Trinajstić information content (AvgIpc) is 2.61. The average molecular weight is 314 g/mol. The van der Waals surface area contributed by atoms with Crippen LogP contribution in [0.25, 0.3) is 0 Å². The summed E-state index contributed by atoms with van der Waals surface area (Å²) in [5.74, 6) is -0.403. The first kappa shape index (κ1) is 13.5.